The van der Waals surface area contributed by atoms with Crippen molar-refractivity contribution in [3.63, 3.8) is 0 Å². The molecule has 64 heavy (non-hydrogen) atoms. The summed E-state index contributed by atoms with van der Waals surface area (Å²) in [6, 6.07) is 16.5. The van der Waals surface area contributed by atoms with Crippen LogP contribution in [-0.4, -0.2) is 120 Å². The molecule has 332 valence electrons. The van der Waals surface area contributed by atoms with E-state index < -0.39 is 63.5 Å². The van der Waals surface area contributed by atoms with Crippen molar-refractivity contribution in [2.75, 3.05) is 48.9 Å². The number of amides is 3. The predicted molar refractivity (Wildman–Crippen MR) is 229 cm³/mol. The first kappa shape index (κ1) is 41.7. The van der Waals surface area contributed by atoms with Crippen LogP contribution in [0.4, 0.5) is 24.5 Å². The van der Waals surface area contributed by atoms with Crippen LogP contribution in [0.5, 0.6) is 5.75 Å². The maximum Gasteiger partial charge on any atom is 0.301 e. The molecule has 3 amide bonds. The minimum absolute atomic E-state index is 0.000111. The largest absolute Gasteiger partial charge is 0.490 e. The third-order valence-electron chi connectivity index (χ3n) is 13.0. The third-order valence-corrected chi connectivity index (χ3v) is 14.5. The van der Waals surface area contributed by atoms with E-state index in [0.717, 1.165) is 72.3 Å². The molecule has 3 N–H and O–H groups in total. The molecule has 0 radical (unpaired) electrons. The molecular weight excluding hydrogens is 854 g/mol. The van der Waals surface area contributed by atoms with E-state index in [0.29, 0.717) is 46.9 Å². The average molecular weight is 897 g/mol. The number of imide groups is 1. The topological polar surface area (TPSA) is 177 Å². The summed E-state index contributed by atoms with van der Waals surface area (Å²) in [4.78, 5) is 64.5. The van der Waals surface area contributed by atoms with Crippen LogP contribution in [0.15, 0.2) is 73.1 Å². The van der Waals surface area contributed by atoms with E-state index in [1.165, 1.54) is 11.1 Å². The summed E-state index contributed by atoms with van der Waals surface area (Å²) in [6.45, 7) is 3.24. The Morgan fingerprint density at radius 2 is 1.69 bits per heavy atom. The lowest BCUT2D eigenvalue weighted by molar-refractivity contribution is -0.136. The highest BCUT2D eigenvalue weighted by Gasteiger charge is 2.41. The highest BCUT2D eigenvalue weighted by atomic mass is 32.2. The second kappa shape index (κ2) is 16.4. The molecule has 19 heteroatoms. The van der Waals surface area contributed by atoms with Gasteiger partial charge in [0.05, 0.1) is 11.3 Å². The summed E-state index contributed by atoms with van der Waals surface area (Å²) in [6.07, 6.45) is 3.95. The van der Waals surface area contributed by atoms with E-state index in [4.69, 9.17) is 4.74 Å². The van der Waals surface area contributed by atoms with E-state index in [1.807, 2.05) is 35.1 Å². The Bertz CT molecular complexity index is 2830. The van der Waals surface area contributed by atoms with Crippen LogP contribution in [0.2, 0.25) is 0 Å². The number of piperazine rings is 1. The third kappa shape index (κ3) is 7.74. The van der Waals surface area contributed by atoms with Crippen molar-refractivity contribution >= 4 is 56.1 Å². The lowest BCUT2D eigenvalue weighted by atomic mass is 9.87. The molecule has 10 rings (SSSR count). The van der Waals surface area contributed by atoms with E-state index in [1.54, 1.807) is 24.4 Å². The molecule has 4 fully saturated rings. The van der Waals surface area contributed by atoms with Crippen LogP contribution in [-0.2, 0) is 26.3 Å². The van der Waals surface area contributed by atoms with Gasteiger partial charge in [-0.15, -0.1) is 0 Å². The number of hydrogen-bond donors (Lipinski definition) is 3. The molecule has 2 aromatic heterocycles. The average Bonchev–Trinajstić information content (AvgIpc) is 4.00. The number of hydrogen-bond acceptors (Lipinski definition) is 10. The number of anilines is 2. The molecule has 5 aliphatic rings. The summed E-state index contributed by atoms with van der Waals surface area (Å²) in [5, 5.41) is 2.66. The quantitative estimate of drug-likeness (QED) is 0.122. The molecule has 1 saturated carbocycles. The maximum atomic E-state index is 15.7. The van der Waals surface area contributed by atoms with Crippen molar-refractivity contribution in [1.82, 2.24) is 29.4 Å². The van der Waals surface area contributed by atoms with Crippen LogP contribution in [0.1, 0.15) is 63.9 Å². The van der Waals surface area contributed by atoms with Crippen LogP contribution in [0, 0.1) is 11.6 Å². The van der Waals surface area contributed by atoms with Gasteiger partial charge in [0.1, 0.15) is 35.5 Å². The van der Waals surface area contributed by atoms with Gasteiger partial charge in [0.25, 0.3) is 5.91 Å². The van der Waals surface area contributed by atoms with E-state index in [9.17, 15) is 32.0 Å². The number of aromatic nitrogens is 2. The Labute approximate surface area is 365 Å². The summed E-state index contributed by atoms with van der Waals surface area (Å²) in [5.41, 5.74) is 2.58. The van der Waals surface area contributed by atoms with E-state index >= 15 is 8.78 Å². The highest BCUT2D eigenvalue weighted by molar-refractivity contribution is 7.90. The Morgan fingerprint density at radius 3 is 2.42 bits per heavy atom. The van der Waals surface area contributed by atoms with Crippen LogP contribution in [0.3, 0.4) is 0 Å². The van der Waals surface area contributed by atoms with Gasteiger partial charge in [-0.3, -0.25) is 34.1 Å². The van der Waals surface area contributed by atoms with E-state index in [2.05, 4.69) is 25.1 Å². The van der Waals surface area contributed by atoms with Gasteiger partial charge in [0.15, 0.2) is 5.82 Å². The normalized spacial score (nSPS) is 23.0. The molecule has 15 nitrogen and oxygen atoms in total. The number of carbonyl (C=O) groups excluding carboxylic acids is 4. The van der Waals surface area contributed by atoms with Gasteiger partial charge >= 0.3 is 10.2 Å². The van der Waals surface area contributed by atoms with Crippen molar-refractivity contribution in [3.05, 3.63) is 107 Å². The number of alkyl halides is 1. The molecule has 0 bridgehead atoms. The minimum Gasteiger partial charge on any atom is -0.490 e. The fourth-order valence-electron chi connectivity index (χ4n) is 9.39. The van der Waals surface area contributed by atoms with Gasteiger partial charge in [-0.25, -0.2) is 18.2 Å². The SMILES string of the molecule is O=C1CCC(N2Cc3cc(O[C@H]4C[C@@H](N5CCN(c6ccc(-c7cnc8[nH]cc(C(=O)c9c(F)ccc(NS(=O)(=O)N%10CC[C@@H](F)C%10)c9F)c8c7)cc6)CC5)C4)ccc3C2=O)C(=O)N1. The van der Waals surface area contributed by atoms with Crippen LogP contribution >= 0.6 is 0 Å². The molecule has 3 saturated heterocycles. The molecule has 1 unspecified atom stereocenters. The zero-order chi connectivity index (χ0) is 44.4. The van der Waals surface area contributed by atoms with Crippen molar-refractivity contribution < 1.29 is 45.5 Å². The minimum atomic E-state index is -4.36. The number of benzene rings is 3. The first-order valence-electron chi connectivity index (χ1n) is 21.2. The smallest absolute Gasteiger partial charge is 0.301 e. The summed E-state index contributed by atoms with van der Waals surface area (Å²) < 4.78 is 79.3. The molecule has 1 aliphatic carbocycles. The van der Waals surface area contributed by atoms with Crippen LogP contribution < -0.4 is 19.7 Å². The van der Waals surface area contributed by atoms with Gasteiger partial charge in [-0.2, -0.15) is 12.7 Å². The zero-order valence-electron chi connectivity index (χ0n) is 34.4. The summed E-state index contributed by atoms with van der Waals surface area (Å²) >= 11 is 0. The number of ether oxygens (including phenoxy) is 1. The molecule has 0 spiro atoms. The van der Waals surface area contributed by atoms with Gasteiger partial charge in [-0.05, 0) is 72.5 Å². The number of ketones is 1. The van der Waals surface area contributed by atoms with Gasteiger partial charge in [0, 0.05) is 111 Å². The number of nitrogens with one attached hydrogen (secondary N) is 3. The summed E-state index contributed by atoms with van der Waals surface area (Å²) in [7, 11) is -4.36. The van der Waals surface area contributed by atoms with Crippen molar-refractivity contribution in [1.29, 1.82) is 0 Å². The highest BCUT2D eigenvalue weighted by Crippen LogP contribution is 2.36. The fourth-order valence-corrected chi connectivity index (χ4v) is 10.7. The van der Waals surface area contributed by atoms with Gasteiger partial charge in [0.2, 0.25) is 17.6 Å². The van der Waals surface area contributed by atoms with Crippen molar-refractivity contribution in [2.24, 2.45) is 0 Å². The number of piperidine rings is 1. The standard InChI is InChI=1S/C45H43F3N8O7S/c46-28-11-12-55(24-28)64(61,62)52-37-8-7-36(47)40(41(37)48)42(58)35-22-50-43-34(35)18-26(21-49-43)25-1-3-29(4-2-25)53-13-15-54(16-14-53)30-19-32(20-30)63-31-5-6-33-27(17-31)23-56(45(33)60)38-9-10-39(57)51-44(38)59/h1-8,17-18,21-22,28,30,32,38,52H,9-16,19-20,23-24H2,(H,49,50)(H,51,57,59)/t28-,30-,32+,38?/m1/s1. The number of carbonyl (C=O) groups is 4. The number of rotatable bonds is 11. The first-order chi connectivity index (χ1) is 30.8. The Morgan fingerprint density at radius 1 is 0.906 bits per heavy atom. The lowest BCUT2D eigenvalue weighted by Gasteiger charge is -2.46. The Balaban J connectivity index is 0.739. The Hall–Kier alpha value is -6.31. The predicted octanol–water partition coefficient (Wildman–Crippen LogP) is 4.93. The first-order valence-corrected chi connectivity index (χ1v) is 22.7. The monoisotopic (exact) mass is 896 g/mol. The molecule has 4 aliphatic heterocycles. The van der Waals surface area contributed by atoms with Gasteiger partial charge < -0.3 is 19.5 Å². The molecule has 5 aromatic rings. The lowest BCUT2D eigenvalue weighted by Crippen LogP contribution is -2.56. The van der Waals surface area contributed by atoms with E-state index in [-0.39, 0.29) is 42.9 Å². The number of H-pyrrole nitrogens is 1. The number of pyridine rings is 1. The second-order valence-corrected chi connectivity index (χ2v) is 18.6. The molecular formula is C45H43F3N8O7S. The second-order valence-electron chi connectivity index (χ2n) is 16.9. The Kier molecular flexibility index (Phi) is 10.7. The fraction of sp³-hybridized carbons (Fsp3) is 0.356. The van der Waals surface area contributed by atoms with Crippen molar-refractivity contribution in [3.8, 4) is 16.9 Å². The molecule has 3 aromatic carbocycles. The van der Waals surface area contributed by atoms with Gasteiger partial charge in [-0.1, -0.05) is 12.1 Å². The summed E-state index contributed by atoms with van der Waals surface area (Å²) in [5.74, 6) is -3.84. The number of aromatic amines is 1. The van der Waals surface area contributed by atoms with Crippen LogP contribution in [0.25, 0.3) is 22.2 Å². The van der Waals surface area contributed by atoms with Crippen molar-refractivity contribution in [2.45, 2.75) is 63.0 Å². The number of halogens is 3. The molecule has 2 atom stereocenters. The maximum absolute atomic E-state index is 15.7. The molecule has 6 heterocycles. The zero-order valence-corrected chi connectivity index (χ0v) is 35.2. The number of fused-ring (bicyclic) bond motifs is 2. The number of nitrogens with zero attached hydrogens (tertiary/aromatic N) is 5.